The first kappa shape index (κ1) is 14.2. The quantitative estimate of drug-likeness (QED) is 0.681. The molecule has 8 heteroatoms. The number of benzene rings is 1. The predicted octanol–water partition coefficient (Wildman–Crippen LogP) is 2.61. The number of carboxylic acid groups (broad SMARTS) is 1. The maximum absolute atomic E-state index is 11.1. The van der Waals surface area contributed by atoms with E-state index < -0.39 is 10.9 Å². The highest BCUT2D eigenvalue weighted by molar-refractivity contribution is 9.10. The molecule has 0 amide bonds. The normalized spacial score (nSPS) is 10.5. The largest absolute Gasteiger partial charge is 0.477 e. The van der Waals surface area contributed by atoms with Gasteiger partial charge in [0, 0.05) is 16.6 Å². The monoisotopic (exact) mass is 339 g/mol. The Morgan fingerprint density at radius 3 is 2.80 bits per heavy atom. The summed E-state index contributed by atoms with van der Waals surface area (Å²) in [5.74, 6) is -0.503. The highest BCUT2D eigenvalue weighted by Crippen LogP contribution is 2.24. The van der Waals surface area contributed by atoms with Crippen LogP contribution in [0.2, 0.25) is 0 Å². The molecule has 20 heavy (non-hydrogen) atoms. The lowest BCUT2D eigenvalue weighted by Gasteiger charge is -2.09. The molecule has 0 saturated carbocycles. The molecule has 0 aliphatic rings. The summed E-state index contributed by atoms with van der Waals surface area (Å²) in [6, 6.07) is 4.36. The molecule has 0 aliphatic carbocycles. The summed E-state index contributed by atoms with van der Waals surface area (Å²) in [5, 5.41) is 19.8. The van der Waals surface area contributed by atoms with Gasteiger partial charge in [0.15, 0.2) is 0 Å². The summed E-state index contributed by atoms with van der Waals surface area (Å²) in [4.78, 5) is 25.2. The van der Waals surface area contributed by atoms with Gasteiger partial charge in [0.05, 0.1) is 17.7 Å². The van der Waals surface area contributed by atoms with Gasteiger partial charge in [-0.25, -0.2) is 9.78 Å². The fourth-order valence-electron chi connectivity index (χ4n) is 1.79. The molecule has 0 unspecified atom stereocenters. The molecule has 0 saturated heterocycles. The van der Waals surface area contributed by atoms with Gasteiger partial charge < -0.3 is 9.67 Å². The van der Waals surface area contributed by atoms with Crippen molar-refractivity contribution in [2.75, 3.05) is 0 Å². The third-order valence-corrected chi connectivity index (χ3v) is 3.59. The summed E-state index contributed by atoms with van der Waals surface area (Å²) in [7, 11) is 0. The van der Waals surface area contributed by atoms with Crippen LogP contribution in [0, 0.1) is 17.0 Å². The van der Waals surface area contributed by atoms with Gasteiger partial charge >= 0.3 is 5.97 Å². The first-order valence-corrected chi connectivity index (χ1v) is 6.37. The molecule has 104 valence electrons. The maximum Gasteiger partial charge on any atom is 0.354 e. The van der Waals surface area contributed by atoms with Gasteiger partial charge in [-0.05, 0) is 18.6 Å². The minimum Gasteiger partial charge on any atom is -0.477 e. The van der Waals surface area contributed by atoms with E-state index in [0.29, 0.717) is 10.3 Å². The summed E-state index contributed by atoms with van der Waals surface area (Å²) in [5.41, 5.74) is 0.786. The molecule has 2 aromatic rings. The van der Waals surface area contributed by atoms with Crippen molar-refractivity contribution in [1.82, 2.24) is 9.55 Å². The number of nitro benzene ring substituents is 1. The van der Waals surface area contributed by atoms with Crippen molar-refractivity contribution >= 4 is 27.6 Å². The van der Waals surface area contributed by atoms with Gasteiger partial charge in [-0.1, -0.05) is 15.9 Å². The molecule has 1 heterocycles. The van der Waals surface area contributed by atoms with Crippen molar-refractivity contribution in [2.45, 2.75) is 13.5 Å². The third-order valence-electron chi connectivity index (χ3n) is 2.85. The van der Waals surface area contributed by atoms with E-state index in [1.807, 2.05) is 0 Å². The van der Waals surface area contributed by atoms with Gasteiger partial charge in [0.1, 0.15) is 11.5 Å². The van der Waals surface area contributed by atoms with Crippen molar-refractivity contribution in [3.8, 4) is 0 Å². The lowest BCUT2D eigenvalue weighted by Crippen LogP contribution is -2.11. The summed E-state index contributed by atoms with van der Waals surface area (Å²) in [6.45, 7) is 1.97. The van der Waals surface area contributed by atoms with Gasteiger partial charge in [-0.15, -0.1) is 0 Å². The minimum absolute atomic E-state index is 0.0264. The molecule has 1 N–H and O–H groups in total. The first-order valence-electron chi connectivity index (χ1n) is 5.58. The molecule has 7 nitrogen and oxygen atoms in total. The summed E-state index contributed by atoms with van der Waals surface area (Å²) < 4.78 is 2.09. The smallest absolute Gasteiger partial charge is 0.354 e. The van der Waals surface area contributed by atoms with E-state index in [1.54, 1.807) is 13.0 Å². The van der Waals surface area contributed by atoms with Crippen LogP contribution in [0.1, 0.15) is 21.9 Å². The van der Waals surface area contributed by atoms with Crippen molar-refractivity contribution in [2.24, 2.45) is 0 Å². The molecule has 0 aliphatic heterocycles. The molecular weight excluding hydrogens is 330 g/mol. The summed E-state index contributed by atoms with van der Waals surface area (Å²) in [6.07, 6.45) is 1.29. The Balaban J connectivity index is 2.38. The van der Waals surface area contributed by atoms with Gasteiger partial charge in [0.25, 0.3) is 5.69 Å². The van der Waals surface area contributed by atoms with Crippen LogP contribution < -0.4 is 0 Å². The Kier molecular flexibility index (Phi) is 3.84. The second-order valence-corrected chi connectivity index (χ2v) is 4.97. The number of carbonyl (C=O) groups is 1. The van der Waals surface area contributed by atoms with E-state index in [2.05, 4.69) is 20.9 Å². The van der Waals surface area contributed by atoms with Gasteiger partial charge in [0.2, 0.25) is 0 Å². The number of nitrogens with zero attached hydrogens (tertiary/aromatic N) is 3. The maximum atomic E-state index is 11.1. The SMILES string of the molecule is Cc1ncc(C(=O)O)n1Cc1ccc([N+](=O)[O-])cc1Br. The molecule has 0 fully saturated rings. The number of non-ortho nitro benzene ring substituents is 1. The Morgan fingerprint density at radius 1 is 1.55 bits per heavy atom. The topological polar surface area (TPSA) is 98.3 Å². The van der Waals surface area contributed by atoms with Crippen molar-refractivity contribution < 1.29 is 14.8 Å². The van der Waals surface area contributed by atoms with Crippen LogP contribution in [0.15, 0.2) is 28.9 Å². The predicted molar refractivity (Wildman–Crippen MR) is 73.8 cm³/mol. The van der Waals surface area contributed by atoms with Crippen molar-refractivity contribution in [3.05, 3.63) is 56.1 Å². The molecule has 2 rings (SSSR count). The lowest BCUT2D eigenvalue weighted by atomic mass is 10.2. The number of halogens is 1. The van der Waals surface area contributed by atoms with E-state index in [1.165, 1.54) is 22.9 Å². The number of aromatic nitrogens is 2. The van der Waals surface area contributed by atoms with E-state index in [4.69, 9.17) is 5.11 Å². The second kappa shape index (κ2) is 5.41. The average molecular weight is 340 g/mol. The number of carboxylic acids is 1. The zero-order valence-corrected chi connectivity index (χ0v) is 12.0. The van der Waals surface area contributed by atoms with Crippen LogP contribution in [0.25, 0.3) is 0 Å². The number of imidazole rings is 1. The highest BCUT2D eigenvalue weighted by atomic mass is 79.9. The third kappa shape index (κ3) is 2.69. The van der Waals surface area contributed by atoms with Crippen LogP contribution in [-0.4, -0.2) is 25.6 Å². The Hall–Kier alpha value is -2.22. The van der Waals surface area contributed by atoms with Crippen LogP contribution in [0.5, 0.6) is 0 Å². The molecular formula is C12H10BrN3O4. The van der Waals surface area contributed by atoms with Crippen LogP contribution in [0.4, 0.5) is 5.69 Å². The van der Waals surface area contributed by atoms with Crippen molar-refractivity contribution in [1.29, 1.82) is 0 Å². The Labute approximate surface area is 122 Å². The molecule has 0 spiro atoms. The molecule has 1 aromatic heterocycles. The van der Waals surface area contributed by atoms with Gasteiger partial charge in [-0.2, -0.15) is 0 Å². The van der Waals surface area contributed by atoms with Gasteiger partial charge in [-0.3, -0.25) is 10.1 Å². The Bertz CT molecular complexity index is 696. The number of hydrogen-bond donors (Lipinski definition) is 1. The average Bonchev–Trinajstić information content (AvgIpc) is 2.73. The molecule has 0 radical (unpaired) electrons. The lowest BCUT2D eigenvalue weighted by molar-refractivity contribution is -0.384. The number of hydrogen-bond acceptors (Lipinski definition) is 4. The zero-order chi connectivity index (χ0) is 14.9. The van der Waals surface area contributed by atoms with Crippen LogP contribution in [0.3, 0.4) is 0 Å². The fourth-order valence-corrected chi connectivity index (χ4v) is 2.28. The van der Waals surface area contributed by atoms with Crippen molar-refractivity contribution in [3.63, 3.8) is 0 Å². The molecule has 1 aromatic carbocycles. The standard InChI is InChI=1S/C12H10BrN3O4/c1-7-14-5-11(12(17)18)15(7)6-8-2-3-9(16(19)20)4-10(8)13/h2-5H,6H2,1H3,(H,17,18). The van der Waals surface area contributed by atoms with Crippen LogP contribution >= 0.6 is 15.9 Å². The summed E-state index contributed by atoms with van der Waals surface area (Å²) >= 11 is 3.26. The number of rotatable bonds is 4. The van der Waals surface area contributed by atoms with E-state index in [9.17, 15) is 14.9 Å². The highest BCUT2D eigenvalue weighted by Gasteiger charge is 2.15. The first-order chi connectivity index (χ1) is 9.40. The fraction of sp³-hybridized carbons (Fsp3) is 0.167. The van der Waals surface area contributed by atoms with E-state index >= 15 is 0 Å². The van der Waals surface area contributed by atoms with Crippen LogP contribution in [-0.2, 0) is 6.54 Å². The second-order valence-electron chi connectivity index (χ2n) is 4.11. The zero-order valence-electron chi connectivity index (χ0n) is 10.4. The number of aryl methyl sites for hydroxylation is 1. The number of aromatic carboxylic acids is 1. The molecule has 0 bridgehead atoms. The van der Waals surface area contributed by atoms with E-state index in [-0.39, 0.29) is 17.9 Å². The minimum atomic E-state index is -1.07. The van der Waals surface area contributed by atoms with E-state index in [0.717, 1.165) is 5.56 Å². The Morgan fingerprint density at radius 2 is 2.25 bits per heavy atom. The molecule has 0 atom stereocenters. The number of nitro groups is 1.